The fourth-order valence-corrected chi connectivity index (χ4v) is 1.77. The second kappa shape index (κ2) is 10.8. The number of methoxy groups -OCH3 is 1. The van der Waals surface area contributed by atoms with Crippen LogP contribution in [0.5, 0.6) is 5.75 Å². The molecule has 126 valence electrons. The predicted octanol–water partition coefficient (Wildman–Crippen LogP) is 0.478. The Labute approximate surface area is 134 Å². The SMILES string of the molecule is CNC(=O)N(C)Cc1ccc(OC)c(CC(=O)O)c1.O=CC=O. The Bertz CT molecular complexity index is 553. The van der Waals surface area contributed by atoms with Gasteiger partial charge in [-0.25, -0.2) is 4.79 Å². The van der Waals surface area contributed by atoms with Crippen molar-refractivity contribution in [2.75, 3.05) is 21.2 Å². The van der Waals surface area contributed by atoms with E-state index in [1.165, 1.54) is 12.0 Å². The van der Waals surface area contributed by atoms with Crippen LogP contribution in [0, 0.1) is 0 Å². The highest BCUT2D eigenvalue weighted by atomic mass is 16.5. The van der Waals surface area contributed by atoms with Crippen molar-refractivity contribution in [1.82, 2.24) is 10.2 Å². The van der Waals surface area contributed by atoms with Gasteiger partial charge in [0.1, 0.15) is 5.75 Å². The van der Waals surface area contributed by atoms with E-state index in [0.717, 1.165) is 5.56 Å². The van der Waals surface area contributed by atoms with Crippen molar-refractivity contribution >= 4 is 24.6 Å². The van der Waals surface area contributed by atoms with Crippen LogP contribution in [0.2, 0.25) is 0 Å². The third-order valence-corrected chi connectivity index (χ3v) is 2.72. The average Bonchev–Trinajstić information content (AvgIpc) is 2.54. The molecule has 0 aliphatic rings. The van der Waals surface area contributed by atoms with Crippen LogP contribution in [0.4, 0.5) is 4.79 Å². The number of rotatable bonds is 6. The lowest BCUT2D eigenvalue weighted by Crippen LogP contribution is -2.34. The van der Waals surface area contributed by atoms with Crippen molar-refractivity contribution < 1.29 is 29.0 Å². The zero-order valence-corrected chi connectivity index (χ0v) is 13.2. The van der Waals surface area contributed by atoms with E-state index in [0.29, 0.717) is 17.9 Å². The van der Waals surface area contributed by atoms with Crippen molar-refractivity contribution in [1.29, 1.82) is 0 Å². The molecule has 0 bridgehead atoms. The van der Waals surface area contributed by atoms with E-state index in [-0.39, 0.29) is 25.0 Å². The van der Waals surface area contributed by atoms with E-state index >= 15 is 0 Å². The number of hydrogen-bond donors (Lipinski definition) is 2. The van der Waals surface area contributed by atoms with Crippen LogP contribution in [-0.2, 0) is 27.3 Å². The first-order valence-electron chi connectivity index (χ1n) is 6.58. The van der Waals surface area contributed by atoms with Gasteiger partial charge in [-0.3, -0.25) is 14.4 Å². The monoisotopic (exact) mass is 324 g/mol. The summed E-state index contributed by atoms with van der Waals surface area (Å²) in [5.41, 5.74) is 1.45. The first kappa shape index (κ1) is 20.1. The van der Waals surface area contributed by atoms with Gasteiger partial charge in [0.25, 0.3) is 0 Å². The summed E-state index contributed by atoms with van der Waals surface area (Å²) in [5.74, 6) is -0.385. The van der Waals surface area contributed by atoms with Crippen LogP contribution in [0.15, 0.2) is 18.2 Å². The molecule has 0 fully saturated rings. The van der Waals surface area contributed by atoms with Crippen LogP contribution in [0.1, 0.15) is 11.1 Å². The van der Waals surface area contributed by atoms with E-state index in [1.54, 1.807) is 26.2 Å². The molecule has 0 unspecified atom stereocenters. The number of benzene rings is 1. The Balaban J connectivity index is 0.00000108. The molecule has 0 radical (unpaired) electrons. The smallest absolute Gasteiger partial charge is 0.317 e. The minimum absolute atomic E-state index is 0.110. The van der Waals surface area contributed by atoms with Gasteiger partial charge in [-0.05, 0) is 17.7 Å². The zero-order chi connectivity index (χ0) is 17.8. The number of carbonyl (C=O) groups excluding carboxylic acids is 3. The molecule has 0 aromatic heterocycles. The van der Waals surface area contributed by atoms with Crippen LogP contribution >= 0.6 is 0 Å². The highest BCUT2D eigenvalue weighted by Gasteiger charge is 2.11. The van der Waals surface area contributed by atoms with Crippen LogP contribution in [-0.4, -0.2) is 55.8 Å². The molecule has 1 rings (SSSR count). The van der Waals surface area contributed by atoms with Gasteiger partial charge >= 0.3 is 12.0 Å². The summed E-state index contributed by atoms with van der Waals surface area (Å²) < 4.78 is 5.12. The topological polar surface area (TPSA) is 113 Å². The van der Waals surface area contributed by atoms with Gasteiger partial charge in [0.2, 0.25) is 0 Å². The van der Waals surface area contributed by atoms with Crippen LogP contribution in [0.3, 0.4) is 0 Å². The summed E-state index contributed by atoms with van der Waals surface area (Å²) in [5, 5.41) is 11.4. The van der Waals surface area contributed by atoms with Crippen molar-refractivity contribution in [2.45, 2.75) is 13.0 Å². The number of carbonyl (C=O) groups is 4. The Morgan fingerprint density at radius 3 is 2.35 bits per heavy atom. The molecule has 1 aromatic carbocycles. The average molecular weight is 324 g/mol. The minimum atomic E-state index is -0.921. The standard InChI is InChI=1S/C13H18N2O4.C2H2O2/c1-14-13(18)15(2)8-9-4-5-11(19-3)10(6-9)7-12(16)17;3-1-2-4/h4-6H,7-8H2,1-3H3,(H,14,18)(H,16,17);1-2H. The lowest BCUT2D eigenvalue weighted by molar-refractivity contribution is -0.136. The number of hydrogen-bond acceptors (Lipinski definition) is 5. The maximum absolute atomic E-state index is 11.4. The Morgan fingerprint density at radius 2 is 1.91 bits per heavy atom. The molecule has 0 spiro atoms. The third-order valence-electron chi connectivity index (χ3n) is 2.72. The summed E-state index contributed by atoms with van der Waals surface area (Å²) in [4.78, 5) is 41.3. The lowest BCUT2D eigenvalue weighted by Gasteiger charge is -2.17. The molecule has 8 heteroatoms. The van der Waals surface area contributed by atoms with Crippen molar-refractivity contribution in [3.8, 4) is 5.75 Å². The Hall–Kier alpha value is -2.90. The quantitative estimate of drug-likeness (QED) is 0.581. The van der Waals surface area contributed by atoms with Gasteiger partial charge < -0.3 is 20.1 Å². The normalized spacial score (nSPS) is 9.00. The molecule has 8 nitrogen and oxygen atoms in total. The van der Waals surface area contributed by atoms with Crippen molar-refractivity contribution in [2.24, 2.45) is 0 Å². The fraction of sp³-hybridized carbons (Fsp3) is 0.333. The predicted molar refractivity (Wildman–Crippen MR) is 82.4 cm³/mol. The van der Waals surface area contributed by atoms with E-state index in [9.17, 15) is 9.59 Å². The highest BCUT2D eigenvalue weighted by Crippen LogP contribution is 2.21. The Morgan fingerprint density at radius 1 is 1.30 bits per heavy atom. The second-order valence-electron chi connectivity index (χ2n) is 4.40. The number of amides is 2. The summed E-state index contributed by atoms with van der Waals surface area (Å²) in [6.07, 6.45) is 0.278. The largest absolute Gasteiger partial charge is 0.496 e. The number of carboxylic acids is 1. The van der Waals surface area contributed by atoms with Gasteiger partial charge in [-0.15, -0.1) is 0 Å². The number of aliphatic carboxylic acids is 1. The number of aldehydes is 2. The number of ether oxygens (including phenoxy) is 1. The van der Waals surface area contributed by atoms with Crippen LogP contribution in [0.25, 0.3) is 0 Å². The molecule has 23 heavy (non-hydrogen) atoms. The summed E-state index contributed by atoms with van der Waals surface area (Å²) in [6, 6.07) is 5.07. The minimum Gasteiger partial charge on any atom is -0.496 e. The summed E-state index contributed by atoms with van der Waals surface area (Å²) >= 11 is 0. The molecule has 0 heterocycles. The molecule has 2 N–H and O–H groups in total. The van der Waals surface area contributed by atoms with Crippen LogP contribution < -0.4 is 10.1 Å². The second-order valence-corrected chi connectivity index (χ2v) is 4.40. The van der Waals surface area contributed by atoms with E-state index in [4.69, 9.17) is 19.4 Å². The Kier molecular flexibility index (Phi) is 9.42. The summed E-state index contributed by atoms with van der Waals surface area (Å²) in [6.45, 7) is 0.399. The molecule has 2 amide bonds. The molecule has 0 saturated heterocycles. The molecule has 0 aliphatic heterocycles. The lowest BCUT2D eigenvalue weighted by atomic mass is 10.1. The van der Waals surface area contributed by atoms with Gasteiger partial charge in [0.05, 0.1) is 13.5 Å². The maximum Gasteiger partial charge on any atom is 0.317 e. The maximum atomic E-state index is 11.4. The molecular formula is C15H20N2O6. The van der Waals surface area contributed by atoms with Gasteiger partial charge in [0, 0.05) is 26.2 Å². The number of urea groups is 1. The molecule has 0 aliphatic carbocycles. The van der Waals surface area contributed by atoms with Gasteiger partial charge in [-0.2, -0.15) is 0 Å². The molecule has 0 atom stereocenters. The third kappa shape index (κ3) is 7.60. The molecule has 0 saturated carbocycles. The first-order valence-corrected chi connectivity index (χ1v) is 6.58. The fourth-order valence-electron chi connectivity index (χ4n) is 1.77. The molecule has 1 aromatic rings. The number of nitrogens with zero attached hydrogens (tertiary/aromatic N) is 1. The van der Waals surface area contributed by atoms with Gasteiger partial charge in [-0.1, -0.05) is 6.07 Å². The number of carboxylic acid groups (broad SMARTS) is 1. The summed E-state index contributed by atoms with van der Waals surface area (Å²) in [7, 11) is 4.72. The van der Waals surface area contributed by atoms with E-state index in [1.807, 2.05) is 6.07 Å². The van der Waals surface area contributed by atoms with E-state index in [2.05, 4.69) is 5.32 Å². The van der Waals surface area contributed by atoms with Gasteiger partial charge in [0.15, 0.2) is 12.6 Å². The zero-order valence-electron chi connectivity index (χ0n) is 13.2. The highest BCUT2D eigenvalue weighted by molar-refractivity contribution is 6.09. The van der Waals surface area contributed by atoms with E-state index < -0.39 is 5.97 Å². The first-order chi connectivity index (χ1) is 10.9. The number of nitrogens with one attached hydrogen (secondary N) is 1. The van der Waals surface area contributed by atoms with Crippen molar-refractivity contribution in [3.63, 3.8) is 0 Å². The molecular weight excluding hydrogens is 304 g/mol. The van der Waals surface area contributed by atoms with Crippen molar-refractivity contribution in [3.05, 3.63) is 29.3 Å².